The average Bonchev–Trinajstić information content (AvgIpc) is 2.72. The van der Waals surface area contributed by atoms with Crippen LogP contribution in [0.3, 0.4) is 0 Å². The first-order valence-corrected chi connectivity index (χ1v) is 9.42. The van der Waals surface area contributed by atoms with Gasteiger partial charge in [0.15, 0.2) is 0 Å². The molecule has 0 unspecified atom stereocenters. The van der Waals surface area contributed by atoms with E-state index in [-0.39, 0.29) is 5.69 Å². The fourth-order valence-corrected chi connectivity index (χ4v) is 3.53. The van der Waals surface area contributed by atoms with Gasteiger partial charge in [-0.15, -0.1) is 0 Å². The summed E-state index contributed by atoms with van der Waals surface area (Å²) >= 11 is 0. The molecule has 6 heteroatoms. The number of rotatable bonds is 5. The minimum Gasteiger partial charge on any atom is -0.489 e. The Labute approximate surface area is 164 Å². The molecule has 0 saturated carbocycles. The number of fused-ring (bicyclic) bond motifs is 1. The molecule has 0 aromatic heterocycles. The van der Waals surface area contributed by atoms with E-state index in [1.54, 1.807) is 12.1 Å². The second-order valence-electron chi connectivity index (χ2n) is 7.16. The molecule has 3 aromatic rings. The largest absolute Gasteiger partial charge is 0.489 e. The van der Waals surface area contributed by atoms with Crippen LogP contribution in [0.4, 0.5) is 11.4 Å². The van der Waals surface area contributed by atoms with Gasteiger partial charge in [-0.05, 0) is 48.3 Å². The van der Waals surface area contributed by atoms with Gasteiger partial charge in [-0.1, -0.05) is 18.2 Å². The van der Waals surface area contributed by atoms with Gasteiger partial charge in [0, 0.05) is 49.4 Å². The number of nitrogens with zero attached hydrogens (tertiary/aromatic N) is 3. The van der Waals surface area contributed by atoms with E-state index >= 15 is 0 Å². The van der Waals surface area contributed by atoms with E-state index in [1.165, 1.54) is 28.6 Å². The molecule has 1 heterocycles. The summed E-state index contributed by atoms with van der Waals surface area (Å²) < 4.78 is 5.96. The average molecular weight is 377 g/mol. The molecule has 1 fully saturated rings. The summed E-state index contributed by atoms with van der Waals surface area (Å²) in [5, 5.41) is 13.1. The monoisotopic (exact) mass is 377 g/mol. The molecule has 0 atom stereocenters. The summed E-state index contributed by atoms with van der Waals surface area (Å²) in [5.41, 5.74) is 2.23. The van der Waals surface area contributed by atoms with Gasteiger partial charge in [0.2, 0.25) is 0 Å². The second kappa shape index (κ2) is 7.86. The maximum atomic E-state index is 10.8. The van der Waals surface area contributed by atoms with Crippen molar-refractivity contribution in [2.75, 3.05) is 38.1 Å². The van der Waals surface area contributed by atoms with Crippen LogP contribution < -0.4 is 9.64 Å². The minimum atomic E-state index is -0.395. The lowest BCUT2D eigenvalue weighted by molar-refractivity contribution is -0.384. The highest BCUT2D eigenvalue weighted by Gasteiger charge is 2.16. The van der Waals surface area contributed by atoms with Crippen LogP contribution in [0.25, 0.3) is 10.8 Å². The van der Waals surface area contributed by atoms with Crippen molar-refractivity contribution < 1.29 is 9.66 Å². The SMILES string of the molecule is CN1CCN(c2cccc3ccc(OCc4ccc([N+](=O)[O-])cc4)cc23)CC1. The van der Waals surface area contributed by atoms with Gasteiger partial charge in [-0.2, -0.15) is 0 Å². The molecule has 0 radical (unpaired) electrons. The Kier molecular flexibility index (Phi) is 5.12. The molecule has 3 aromatic carbocycles. The molecule has 1 aliphatic rings. The van der Waals surface area contributed by atoms with Crippen molar-refractivity contribution >= 4 is 22.1 Å². The number of hydrogen-bond donors (Lipinski definition) is 0. The maximum absolute atomic E-state index is 10.8. The number of ether oxygens (including phenoxy) is 1. The smallest absolute Gasteiger partial charge is 0.269 e. The lowest BCUT2D eigenvalue weighted by atomic mass is 10.1. The predicted molar refractivity (Wildman–Crippen MR) is 111 cm³/mol. The Hall–Kier alpha value is -3.12. The third-order valence-electron chi connectivity index (χ3n) is 5.23. The Balaban J connectivity index is 1.53. The second-order valence-corrected chi connectivity index (χ2v) is 7.16. The zero-order valence-corrected chi connectivity index (χ0v) is 15.9. The third kappa shape index (κ3) is 3.92. The third-order valence-corrected chi connectivity index (χ3v) is 5.23. The van der Waals surface area contributed by atoms with Crippen LogP contribution in [0.1, 0.15) is 5.56 Å². The first-order chi connectivity index (χ1) is 13.6. The van der Waals surface area contributed by atoms with Crippen LogP contribution in [-0.4, -0.2) is 43.0 Å². The van der Waals surface area contributed by atoms with Crippen LogP contribution in [0.15, 0.2) is 60.7 Å². The number of benzene rings is 3. The van der Waals surface area contributed by atoms with Gasteiger partial charge in [-0.3, -0.25) is 10.1 Å². The van der Waals surface area contributed by atoms with E-state index < -0.39 is 4.92 Å². The fourth-order valence-electron chi connectivity index (χ4n) is 3.53. The van der Waals surface area contributed by atoms with Crippen molar-refractivity contribution in [2.45, 2.75) is 6.61 Å². The lowest BCUT2D eigenvalue weighted by Crippen LogP contribution is -2.44. The van der Waals surface area contributed by atoms with Crippen LogP contribution in [0.2, 0.25) is 0 Å². The molecule has 4 rings (SSSR count). The first kappa shape index (κ1) is 18.3. The van der Waals surface area contributed by atoms with Crippen LogP contribution in [0, 0.1) is 10.1 Å². The molecule has 0 bridgehead atoms. The van der Waals surface area contributed by atoms with Crippen molar-refractivity contribution in [3.63, 3.8) is 0 Å². The van der Waals surface area contributed by atoms with E-state index in [1.807, 2.05) is 6.07 Å². The molecule has 144 valence electrons. The zero-order chi connectivity index (χ0) is 19.5. The molecule has 6 nitrogen and oxygen atoms in total. The zero-order valence-electron chi connectivity index (χ0n) is 15.9. The number of nitro benzene ring substituents is 1. The van der Waals surface area contributed by atoms with Crippen LogP contribution in [0.5, 0.6) is 5.75 Å². The van der Waals surface area contributed by atoms with Gasteiger partial charge in [0.25, 0.3) is 5.69 Å². The van der Waals surface area contributed by atoms with Crippen molar-refractivity contribution in [1.29, 1.82) is 0 Å². The summed E-state index contributed by atoms with van der Waals surface area (Å²) in [4.78, 5) is 15.1. The molecule has 0 N–H and O–H groups in total. The molecular weight excluding hydrogens is 354 g/mol. The molecule has 0 aliphatic carbocycles. The van der Waals surface area contributed by atoms with Gasteiger partial charge in [0.05, 0.1) is 4.92 Å². The quantitative estimate of drug-likeness (QED) is 0.495. The highest BCUT2D eigenvalue weighted by molar-refractivity contribution is 5.95. The molecule has 0 spiro atoms. The van der Waals surface area contributed by atoms with Gasteiger partial charge < -0.3 is 14.5 Å². The van der Waals surface area contributed by atoms with Gasteiger partial charge >= 0.3 is 0 Å². The van der Waals surface area contributed by atoms with E-state index in [9.17, 15) is 10.1 Å². The molecule has 28 heavy (non-hydrogen) atoms. The predicted octanol–water partition coefficient (Wildman–Crippen LogP) is 4.08. The van der Waals surface area contributed by atoms with E-state index in [4.69, 9.17) is 4.74 Å². The summed E-state index contributed by atoms with van der Waals surface area (Å²) in [6.07, 6.45) is 0. The highest BCUT2D eigenvalue weighted by atomic mass is 16.6. The maximum Gasteiger partial charge on any atom is 0.269 e. The first-order valence-electron chi connectivity index (χ1n) is 9.42. The molecule has 0 amide bonds. The minimum absolute atomic E-state index is 0.0891. The van der Waals surface area contributed by atoms with Gasteiger partial charge in [-0.25, -0.2) is 0 Å². The van der Waals surface area contributed by atoms with E-state index in [0.717, 1.165) is 37.5 Å². The number of hydrogen-bond acceptors (Lipinski definition) is 5. The topological polar surface area (TPSA) is 58.8 Å². The molecule has 1 aliphatic heterocycles. The Morgan fingerprint density at radius 3 is 2.46 bits per heavy atom. The summed E-state index contributed by atoms with van der Waals surface area (Å²) in [5.74, 6) is 0.799. The number of non-ortho nitro benzene ring substituents is 1. The van der Waals surface area contributed by atoms with Crippen LogP contribution >= 0.6 is 0 Å². The van der Waals surface area contributed by atoms with Crippen molar-refractivity contribution in [1.82, 2.24) is 4.90 Å². The summed E-state index contributed by atoms with van der Waals surface area (Å²) in [6, 6.07) is 19.0. The van der Waals surface area contributed by atoms with E-state index in [0.29, 0.717) is 6.61 Å². The standard InChI is InChI=1S/C22H23N3O3/c1-23-11-13-24(14-12-23)22-4-2-3-18-7-10-20(15-21(18)22)28-16-17-5-8-19(9-6-17)25(26)27/h2-10,15H,11-14,16H2,1H3. The van der Waals surface area contributed by atoms with Gasteiger partial charge in [0.1, 0.15) is 12.4 Å². The summed E-state index contributed by atoms with van der Waals surface area (Å²) in [6.45, 7) is 4.53. The van der Waals surface area contributed by atoms with Crippen LogP contribution in [-0.2, 0) is 6.61 Å². The lowest BCUT2D eigenvalue weighted by Gasteiger charge is -2.34. The number of nitro groups is 1. The Morgan fingerprint density at radius 1 is 1.00 bits per heavy atom. The number of anilines is 1. The molecule has 1 saturated heterocycles. The number of likely N-dealkylation sites (N-methyl/N-ethyl adjacent to an activating group) is 1. The Bertz CT molecular complexity index is 980. The van der Waals surface area contributed by atoms with Crippen molar-refractivity contribution in [3.05, 3.63) is 76.3 Å². The fraction of sp³-hybridized carbons (Fsp3) is 0.273. The highest BCUT2D eigenvalue weighted by Crippen LogP contribution is 2.31. The van der Waals surface area contributed by atoms with Crippen molar-refractivity contribution in [2.24, 2.45) is 0 Å². The number of piperazine rings is 1. The van der Waals surface area contributed by atoms with Crippen molar-refractivity contribution in [3.8, 4) is 5.75 Å². The normalized spacial score (nSPS) is 15.0. The summed E-state index contributed by atoms with van der Waals surface area (Å²) in [7, 11) is 2.16. The molecular formula is C22H23N3O3. The Morgan fingerprint density at radius 2 is 1.75 bits per heavy atom. The van der Waals surface area contributed by atoms with E-state index in [2.05, 4.69) is 47.2 Å².